The molecule has 1 aromatic carbocycles. The Morgan fingerprint density at radius 2 is 1.86 bits per heavy atom. The number of ether oxygens (including phenoxy) is 1. The number of amides is 1. The monoisotopic (exact) mass is 549 g/mol. The lowest BCUT2D eigenvalue weighted by atomic mass is 10.0. The molecule has 0 fully saturated rings. The third-order valence-corrected chi connectivity index (χ3v) is 5.32. The van der Waals surface area contributed by atoms with E-state index in [0.29, 0.717) is 6.07 Å². The minimum Gasteiger partial charge on any atom is -0.462 e. The van der Waals surface area contributed by atoms with Gasteiger partial charge in [-0.2, -0.15) is 26.3 Å². The zero-order valence-electron chi connectivity index (χ0n) is 18.6. The standard InChI is InChI=1S/C23H15ClF7N3O3/c1-3-7-34-16(10-12-8-13(21(36)37-4-2)18(24)33-19(12)34)20(35)32-17(23(29,30)31)11-5-6-15(25)14(9-11)22(26,27)28/h1,5-6,8-10,17H,4,7H2,2H3,(H,32,35). The van der Waals surface area contributed by atoms with Gasteiger partial charge in [0.15, 0.2) is 6.04 Å². The van der Waals surface area contributed by atoms with Crippen LogP contribution in [-0.2, 0) is 17.5 Å². The normalized spacial score (nSPS) is 12.8. The Morgan fingerprint density at radius 3 is 2.43 bits per heavy atom. The molecule has 6 nitrogen and oxygen atoms in total. The molecular formula is C23H15ClF7N3O3. The van der Waals surface area contributed by atoms with Gasteiger partial charge in [-0.3, -0.25) is 4.79 Å². The van der Waals surface area contributed by atoms with Crippen LogP contribution in [0.3, 0.4) is 0 Å². The molecule has 1 unspecified atom stereocenters. The lowest BCUT2D eigenvalue weighted by Crippen LogP contribution is -2.39. The third kappa shape index (κ3) is 5.80. The van der Waals surface area contributed by atoms with Gasteiger partial charge >= 0.3 is 18.3 Å². The Hall–Kier alpha value is -3.79. The van der Waals surface area contributed by atoms with E-state index in [1.54, 1.807) is 12.2 Å². The molecule has 0 saturated carbocycles. The minimum atomic E-state index is -5.28. The number of alkyl halides is 6. The van der Waals surface area contributed by atoms with Gasteiger partial charge in [0.2, 0.25) is 0 Å². The molecule has 0 saturated heterocycles. The second kappa shape index (κ2) is 10.3. The lowest BCUT2D eigenvalue weighted by molar-refractivity contribution is -0.156. The Kier molecular flexibility index (Phi) is 7.73. The van der Waals surface area contributed by atoms with Crippen LogP contribution < -0.4 is 5.32 Å². The summed E-state index contributed by atoms with van der Waals surface area (Å²) >= 11 is 6.03. The Balaban J connectivity index is 2.09. The molecule has 0 aliphatic heterocycles. The fourth-order valence-corrected chi connectivity index (χ4v) is 3.66. The molecule has 0 aliphatic rings. The minimum absolute atomic E-state index is 0.0111. The number of hydrogen-bond donors (Lipinski definition) is 1. The van der Waals surface area contributed by atoms with Crippen molar-refractivity contribution in [3.63, 3.8) is 0 Å². The van der Waals surface area contributed by atoms with Crippen molar-refractivity contribution in [1.29, 1.82) is 0 Å². The molecule has 0 bridgehead atoms. The Bertz CT molecular complexity index is 1410. The molecule has 0 spiro atoms. The molecule has 37 heavy (non-hydrogen) atoms. The van der Waals surface area contributed by atoms with Gasteiger partial charge in [-0.15, -0.1) is 6.42 Å². The van der Waals surface area contributed by atoms with E-state index < -0.39 is 52.9 Å². The van der Waals surface area contributed by atoms with E-state index in [-0.39, 0.29) is 47.0 Å². The summed E-state index contributed by atoms with van der Waals surface area (Å²) in [6.45, 7) is 1.19. The summed E-state index contributed by atoms with van der Waals surface area (Å²) in [7, 11) is 0. The van der Waals surface area contributed by atoms with E-state index in [9.17, 15) is 40.3 Å². The maximum atomic E-state index is 13.8. The van der Waals surface area contributed by atoms with E-state index in [1.165, 1.54) is 6.07 Å². The van der Waals surface area contributed by atoms with E-state index in [2.05, 4.69) is 10.9 Å². The van der Waals surface area contributed by atoms with Crippen LogP contribution >= 0.6 is 11.6 Å². The number of rotatable bonds is 6. The summed E-state index contributed by atoms with van der Waals surface area (Å²) in [4.78, 5) is 29.0. The first kappa shape index (κ1) is 27.8. The molecule has 2 aromatic heterocycles. The molecule has 2 heterocycles. The fourth-order valence-electron chi connectivity index (χ4n) is 3.45. The largest absolute Gasteiger partial charge is 0.462 e. The van der Waals surface area contributed by atoms with Gasteiger partial charge < -0.3 is 14.6 Å². The van der Waals surface area contributed by atoms with Crippen LogP contribution in [0.1, 0.15) is 44.9 Å². The van der Waals surface area contributed by atoms with Crippen molar-refractivity contribution in [2.45, 2.75) is 31.9 Å². The Labute approximate surface area is 209 Å². The summed E-state index contributed by atoms with van der Waals surface area (Å²) in [6, 6.07) is 0.00765. The topological polar surface area (TPSA) is 73.2 Å². The van der Waals surface area contributed by atoms with Crippen molar-refractivity contribution in [3.05, 3.63) is 63.7 Å². The zero-order chi connectivity index (χ0) is 27.7. The number of pyridine rings is 1. The zero-order valence-corrected chi connectivity index (χ0v) is 19.4. The van der Waals surface area contributed by atoms with Crippen molar-refractivity contribution >= 4 is 34.5 Å². The fraction of sp³-hybridized carbons (Fsp3) is 0.261. The lowest BCUT2D eigenvalue weighted by Gasteiger charge is -2.23. The number of nitrogens with zero attached hydrogens (tertiary/aromatic N) is 2. The molecule has 3 aromatic rings. The van der Waals surface area contributed by atoms with E-state index in [4.69, 9.17) is 22.8 Å². The van der Waals surface area contributed by atoms with E-state index in [0.717, 1.165) is 10.6 Å². The highest BCUT2D eigenvalue weighted by atomic mass is 35.5. The number of halogens is 8. The predicted molar refractivity (Wildman–Crippen MR) is 117 cm³/mol. The molecule has 1 amide bonds. The highest BCUT2D eigenvalue weighted by Gasteiger charge is 2.44. The van der Waals surface area contributed by atoms with E-state index >= 15 is 0 Å². The van der Waals surface area contributed by atoms with Crippen LogP contribution in [0.2, 0.25) is 5.15 Å². The first-order valence-corrected chi connectivity index (χ1v) is 10.6. The van der Waals surface area contributed by atoms with Crippen LogP contribution in [0.15, 0.2) is 30.3 Å². The van der Waals surface area contributed by atoms with Gasteiger partial charge in [0, 0.05) is 5.39 Å². The Morgan fingerprint density at radius 1 is 1.19 bits per heavy atom. The van der Waals surface area contributed by atoms with Crippen molar-refractivity contribution in [2.75, 3.05) is 6.61 Å². The smallest absolute Gasteiger partial charge is 0.419 e. The highest BCUT2D eigenvalue weighted by molar-refractivity contribution is 6.33. The number of benzene rings is 1. The van der Waals surface area contributed by atoms with Gasteiger partial charge in [0.05, 0.1) is 24.3 Å². The third-order valence-electron chi connectivity index (χ3n) is 5.03. The van der Waals surface area contributed by atoms with Crippen LogP contribution in [0.5, 0.6) is 0 Å². The summed E-state index contributed by atoms with van der Waals surface area (Å²) in [6.07, 6.45) is -5.23. The number of aromatic nitrogens is 2. The molecular weight excluding hydrogens is 535 g/mol. The maximum absolute atomic E-state index is 13.8. The average molecular weight is 550 g/mol. The summed E-state index contributed by atoms with van der Waals surface area (Å²) < 4.78 is 100. The summed E-state index contributed by atoms with van der Waals surface area (Å²) in [5.74, 6) is -1.81. The van der Waals surface area contributed by atoms with Crippen molar-refractivity contribution in [3.8, 4) is 12.3 Å². The molecule has 0 aliphatic carbocycles. The van der Waals surface area contributed by atoms with Gasteiger partial charge in [-0.1, -0.05) is 23.6 Å². The number of carbonyl (C=O) groups excluding carboxylic acids is 2. The molecule has 14 heteroatoms. The maximum Gasteiger partial charge on any atom is 0.419 e. The number of nitrogens with one attached hydrogen (secondary N) is 1. The second-order valence-electron chi connectivity index (χ2n) is 7.47. The molecule has 0 radical (unpaired) electrons. The first-order chi connectivity index (χ1) is 17.2. The molecule has 1 N–H and O–H groups in total. The van der Waals surface area contributed by atoms with Crippen LogP contribution in [0.4, 0.5) is 30.7 Å². The highest BCUT2D eigenvalue weighted by Crippen LogP contribution is 2.38. The quantitative estimate of drug-likeness (QED) is 0.186. The summed E-state index contributed by atoms with van der Waals surface area (Å²) in [5.41, 5.74) is -3.67. The van der Waals surface area contributed by atoms with Crippen molar-refractivity contribution in [1.82, 2.24) is 14.9 Å². The predicted octanol–water partition coefficient (Wildman–Crippen LogP) is 5.69. The van der Waals surface area contributed by atoms with E-state index in [1.807, 2.05) is 0 Å². The number of terminal acetylenes is 1. The molecule has 1 atom stereocenters. The SMILES string of the molecule is C#CCn1c(C(=O)NC(c2ccc(F)c(C(F)(F)F)c2)C(F)(F)F)cc2cc(C(=O)OCC)c(Cl)nc21. The van der Waals surface area contributed by atoms with Gasteiger partial charge in [0.1, 0.15) is 22.3 Å². The summed E-state index contributed by atoms with van der Waals surface area (Å²) in [5, 5.41) is 1.39. The van der Waals surface area contributed by atoms with Crippen LogP contribution in [0.25, 0.3) is 11.0 Å². The second-order valence-corrected chi connectivity index (χ2v) is 7.82. The van der Waals surface area contributed by atoms with Gasteiger partial charge in [-0.05, 0) is 36.8 Å². The van der Waals surface area contributed by atoms with Crippen molar-refractivity contribution in [2.24, 2.45) is 0 Å². The molecule has 3 rings (SSSR count). The number of hydrogen-bond acceptors (Lipinski definition) is 4. The van der Waals surface area contributed by atoms with Gasteiger partial charge in [-0.25, -0.2) is 14.2 Å². The van der Waals surface area contributed by atoms with Crippen LogP contribution in [-0.4, -0.2) is 34.2 Å². The number of carbonyl (C=O) groups is 2. The van der Waals surface area contributed by atoms with Gasteiger partial charge in [0.25, 0.3) is 5.91 Å². The first-order valence-electron chi connectivity index (χ1n) is 10.2. The average Bonchev–Trinajstić information content (AvgIpc) is 3.13. The molecule has 196 valence electrons. The number of fused-ring (bicyclic) bond motifs is 1. The van der Waals surface area contributed by atoms with Crippen molar-refractivity contribution < 1.29 is 45.1 Å². The van der Waals surface area contributed by atoms with Crippen LogP contribution in [0, 0.1) is 18.2 Å². The number of esters is 1.